The Labute approximate surface area is 111 Å². The molecular weight excluding hydrogens is 222 g/mol. The van der Waals surface area contributed by atoms with Crippen LogP contribution in [0.2, 0.25) is 0 Å². The Hall–Kier alpha value is -1.02. The second-order valence-electron chi connectivity index (χ2n) is 6.27. The lowest BCUT2D eigenvalue weighted by atomic mass is 9.87. The second kappa shape index (κ2) is 4.93. The molecule has 2 nitrogen and oxygen atoms in total. The van der Waals surface area contributed by atoms with Gasteiger partial charge < -0.3 is 10.1 Å². The van der Waals surface area contributed by atoms with Gasteiger partial charge in [-0.2, -0.15) is 0 Å². The normalized spacial score (nSPS) is 26.3. The highest BCUT2D eigenvalue weighted by molar-refractivity contribution is 5.33. The van der Waals surface area contributed by atoms with E-state index in [1.54, 1.807) is 0 Å². The molecule has 1 aromatic carbocycles. The van der Waals surface area contributed by atoms with Crippen molar-refractivity contribution in [3.05, 3.63) is 29.3 Å². The van der Waals surface area contributed by atoms with Crippen LogP contribution in [0.4, 0.5) is 0 Å². The summed E-state index contributed by atoms with van der Waals surface area (Å²) in [5, 5.41) is 3.43. The summed E-state index contributed by atoms with van der Waals surface area (Å²) in [4.78, 5) is 0. The van der Waals surface area contributed by atoms with E-state index in [4.69, 9.17) is 4.74 Å². The Bertz CT molecular complexity index is 405. The first kappa shape index (κ1) is 13.4. The quantitative estimate of drug-likeness (QED) is 0.883. The van der Waals surface area contributed by atoms with E-state index < -0.39 is 0 Å². The van der Waals surface area contributed by atoms with Crippen molar-refractivity contribution in [3.8, 4) is 5.75 Å². The van der Waals surface area contributed by atoms with Crippen LogP contribution in [0.3, 0.4) is 0 Å². The van der Waals surface area contributed by atoms with Crippen LogP contribution in [-0.2, 0) is 0 Å². The Morgan fingerprint density at radius 2 is 1.78 bits per heavy atom. The number of likely N-dealkylation sites (N-methyl/N-ethyl adjacent to an activating group) is 1. The largest absolute Gasteiger partial charge is 0.489 e. The van der Waals surface area contributed by atoms with Crippen molar-refractivity contribution < 1.29 is 4.74 Å². The molecule has 100 valence electrons. The van der Waals surface area contributed by atoms with Gasteiger partial charge in [-0.15, -0.1) is 0 Å². The van der Waals surface area contributed by atoms with Gasteiger partial charge >= 0.3 is 0 Å². The summed E-state index contributed by atoms with van der Waals surface area (Å²) in [5.41, 5.74) is 2.85. The number of nitrogens with one attached hydrogen (secondary N) is 1. The van der Waals surface area contributed by atoms with E-state index in [2.05, 4.69) is 51.2 Å². The van der Waals surface area contributed by atoms with Crippen molar-refractivity contribution >= 4 is 0 Å². The smallest absolute Gasteiger partial charge is 0.120 e. The van der Waals surface area contributed by atoms with E-state index in [9.17, 15) is 0 Å². The molecule has 0 saturated heterocycles. The SMILES string of the molecule is CNC1C(Oc2cc(C)cc(C)c2)CCC1(C)C. The first-order valence-corrected chi connectivity index (χ1v) is 6.84. The lowest BCUT2D eigenvalue weighted by Crippen LogP contribution is -2.44. The van der Waals surface area contributed by atoms with Gasteiger partial charge in [0.2, 0.25) is 0 Å². The summed E-state index contributed by atoms with van der Waals surface area (Å²) in [6, 6.07) is 6.87. The zero-order valence-electron chi connectivity index (χ0n) is 12.2. The van der Waals surface area contributed by atoms with Crippen LogP contribution in [0, 0.1) is 19.3 Å². The van der Waals surface area contributed by atoms with Crippen molar-refractivity contribution in [2.45, 2.75) is 52.7 Å². The molecule has 2 atom stereocenters. The molecule has 0 spiro atoms. The first-order chi connectivity index (χ1) is 8.42. The minimum absolute atomic E-state index is 0.284. The topological polar surface area (TPSA) is 21.3 Å². The third kappa shape index (κ3) is 2.69. The summed E-state index contributed by atoms with van der Waals surface area (Å²) in [5.74, 6) is 1.01. The minimum atomic E-state index is 0.284. The predicted molar refractivity (Wildman–Crippen MR) is 76.2 cm³/mol. The molecule has 0 aromatic heterocycles. The third-order valence-corrected chi connectivity index (χ3v) is 4.08. The molecule has 1 aromatic rings. The van der Waals surface area contributed by atoms with Gasteiger partial charge in [0.1, 0.15) is 11.9 Å². The fourth-order valence-corrected chi connectivity index (χ4v) is 3.22. The molecule has 1 N–H and O–H groups in total. The van der Waals surface area contributed by atoms with Crippen molar-refractivity contribution in [1.29, 1.82) is 0 Å². The third-order valence-electron chi connectivity index (χ3n) is 4.08. The molecule has 2 unspecified atom stereocenters. The number of hydrogen-bond donors (Lipinski definition) is 1. The summed E-state index contributed by atoms with van der Waals surface area (Å²) >= 11 is 0. The lowest BCUT2D eigenvalue weighted by Gasteiger charge is -2.30. The van der Waals surface area contributed by atoms with Crippen LogP contribution in [0.25, 0.3) is 0 Å². The molecule has 0 heterocycles. The molecule has 1 aliphatic carbocycles. The van der Waals surface area contributed by atoms with E-state index >= 15 is 0 Å². The van der Waals surface area contributed by atoms with Crippen LogP contribution in [0.5, 0.6) is 5.75 Å². The zero-order valence-corrected chi connectivity index (χ0v) is 12.2. The standard InChI is InChI=1S/C16H25NO/c1-11-8-12(2)10-13(9-11)18-14-6-7-16(3,4)15(14)17-5/h8-10,14-15,17H,6-7H2,1-5H3. The van der Waals surface area contributed by atoms with Crippen LogP contribution in [0.15, 0.2) is 18.2 Å². The van der Waals surface area contributed by atoms with E-state index in [1.165, 1.54) is 17.5 Å². The van der Waals surface area contributed by atoms with E-state index in [1.807, 2.05) is 7.05 Å². The fraction of sp³-hybridized carbons (Fsp3) is 0.625. The number of aryl methyl sites for hydroxylation is 2. The van der Waals surface area contributed by atoms with Gasteiger partial charge in [-0.3, -0.25) is 0 Å². The van der Waals surface area contributed by atoms with E-state index in [0.717, 1.165) is 12.2 Å². The van der Waals surface area contributed by atoms with Crippen molar-refractivity contribution in [2.24, 2.45) is 5.41 Å². The Kier molecular flexibility index (Phi) is 3.67. The highest BCUT2D eigenvalue weighted by atomic mass is 16.5. The maximum Gasteiger partial charge on any atom is 0.120 e. The fourth-order valence-electron chi connectivity index (χ4n) is 3.22. The molecule has 0 aliphatic heterocycles. The molecule has 18 heavy (non-hydrogen) atoms. The number of benzene rings is 1. The van der Waals surface area contributed by atoms with Gasteiger partial charge in [-0.05, 0) is 62.4 Å². The van der Waals surface area contributed by atoms with Gasteiger partial charge in [0.05, 0.1) is 0 Å². The number of ether oxygens (including phenoxy) is 1. The second-order valence-corrected chi connectivity index (χ2v) is 6.27. The Morgan fingerprint density at radius 3 is 2.33 bits per heavy atom. The van der Waals surface area contributed by atoms with Crippen LogP contribution >= 0.6 is 0 Å². The summed E-state index contributed by atoms with van der Waals surface area (Å²) < 4.78 is 6.21. The van der Waals surface area contributed by atoms with Crippen LogP contribution < -0.4 is 10.1 Å². The molecule has 0 bridgehead atoms. The summed E-state index contributed by atoms with van der Waals surface area (Å²) in [6.45, 7) is 8.88. The highest BCUT2D eigenvalue weighted by Gasteiger charge is 2.42. The van der Waals surface area contributed by atoms with Gasteiger partial charge in [-0.25, -0.2) is 0 Å². The van der Waals surface area contributed by atoms with Crippen LogP contribution in [-0.4, -0.2) is 19.2 Å². The maximum atomic E-state index is 6.21. The van der Waals surface area contributed by atoms with Crippen molar-refractivity contribution in [2.75, 3.05) is 7.05 Å². The van der Waals surface area contributed by atoms with Gasteiger partial charge in [0, 0.05) is 6.04 Å². The molecular formula is C16H25NO. The monoisotopic (exact) mass is 247 g/mol. The molecule has 2 rings (SSSR count). The highest BCUT2D eigenvalue weighted by Crippen LogP contribution is 2.39. The van der Waals surface area contributed by atoms with Crippen LogP contribution in [0.1, 0.15) is 37.8 Å². The minimum Gasteiger partial charge on any atom is -0.489 e. The van der Waals surface area contributed by atoms with E-state index in [-0.39, 0.29) is 6.10 Å². The number of hydrogen-bond acceptors (Lipinski definition) is 2. The predicted octanol–water partition coefficient (Wildman–Crippen LogP) is 3.46. The summed E-state index contributed by atoms with van der Waals surface area (Å²) in [7, 11) is 2.04. The summed E-state index contributed by atoms with van der Waals surface area (Å²) in [6.07, 6.45) is 2.63. The average molecular weight is 247 g/mol. The molecule has 2 heteroatoms. The van der Waals surface area contributed by atoms with Gasteiger partial charge in [-0.1, -0.05) is 19.9 Å². The average Bonchev–Trinajstić information content (AvgIpc) is 2.52. The van der Waals surface area contributed by atoms with Crippen molar-refractivity contribution in [3.63, 3.8) is 0 Å². The Morgan fingerprint density at radius 1 is 1.17 bits per heavy atom. The zero-order chi connectivity index (χ0) is 13.3. The molecule has 1 fully saturated rings. The number of rotatable bonds is 3. The molecule has 1 saturated carbocycles. The molecule has 1 aliphatic rings. The maximum absolute atomic E-state index is 6.21. The van der Waals surface area contributed by atoms with Gasteiger partial charge in [0.15, 0.2) is 0 Å². The first-order valence-electron chi connectivity index (χ1n) is 6.84. The lowest BCUT2D eigenvalue weighted by molar-refractivity contribution is 0.145. The molecule has 0 radical (unpaired) electrons. The van der Waals surface area contributed by atoms with E-state index in [0.29, 0.717) is 11.5 Å². The molecule has 0 amide bonds. The van der Waals surface area contributed by atoms with Crippen molar-refractivity contribution in [1.82, 2.24) is 5.32 Å². The van der Waals surface area contributed by atoms with Gasteiger partial charge in [0.25, 0.3) is 0 Å². The Balaban J connectivity index is 2.14.